The molecule has 4 heterocycles. The first-order valence-corrected chi connectivity index (χ1v) is 32.4. The van der Waals surface area contributed by atoms with Crippen molar-refractivity contribution >= 4 is 63.7 Å². The molecule has 0 saturated heterocycles. The molecule has 3 aromatic carbocycles. The van der Waals surface area contributed by atoms with Gasteiger partial charge in [-0.25, -0.2) is 51.9 Å². The second kappa shape index (κ2) is 24.9. The van der Waals surface area contributed by atoms with Gasteiger partial charge in [0.25, 0.3) is 35.3 Å². The van der Waals surface area contributed by atoms with Gasteiger partial charge in [0.05, 0.1) is 62.4 Å². The highest BCUT2D eigenvalue weighted by Gasteiger charge is 2.55. The monoisotopic (exact) mass is 1300 g/mol. The van der Waals surface area contributed by atoms with Crippen LogP contribution in [0.2, 0.25) is 0 Å². The summed E-state index contributed by atoms with van der Waals surface area (Å²) in [6.45, 7) is 21.6. The number of imide groups is 2. The zero-order valence-electron chi connectivity index (χ0n) is 48.8. The van der Waals surface area contributed by atoms with Gasteiger partial charge in [-0.2, -0.15) is 39.5 Å². The first-order valence-electron chi connectivity index (χ1n) is 25.8. The highest BCUT2D eigenvalue weighted by molar-refractivity contribution is 8.12. The maximum absolute atomic E-state index is 15.4. The minimum Gasteiger partial charge on any atom is -0.429 e. The summed E-state index contributed by atoms with van der Waals surface area (Å²) < 4.78 is 207. The van der Waals surface area contributed by atoms with E-state index in [1.54, 1.807) is 8.25 Å². The Balaban J connectivity index is 0.000000470. The van der Waals surface area contributed by atoms with Crippen molar-refractivity contribution in [2.45, 2.75) is 131 Å². The van der Waals surface area contributed by atoms with Crippen LogP contribution in [0.15, 0.2) is 48.5 Å². The molecule has 0 radical (unpaired) electrons. The van der Waals surface area contributed by atoms with Crippen LogP contribution >= 0.6 is 0 Å². The number of imidazole rings is 2. The lowest BCUT2D eigenvalue weighted by Gasteiger charge is -2.33. The number of carbonyl (C=O) groups excluding carboxylic acids is 4. The van der Waals surface area contributed by atoms with E-state index in [0.29, 0.717) is 32.5 Å². The molecule has 2 aromatic heterocycles. The number of amides is 4. The molecule has 0 spiro atoms. The summed E-state index contributed by atoms with van der Waals surface area (Å²) in [5, 5.41) is 0. The van der Waals surface area contributed by atoms with Gasteiger partial charge >= 0.3 is 17.2 Å². The van der Waals surface area contributed by atoms with Crippen LogP contribution in [-0.2, 0) is 78.6 Å². The fourth-order valence-electron chi connectivity index (χ4n) is 9.99. The summed E-state index contributed by atoms with van der Waals surface area (Å²) >= 11 is 0. The molecule has 4 amide bonds. The molecular formula is C53H63F9N8O12S4. The van der Waals surface area contributed by atoms with Gasteiger partial charge in [0, 0.05) is 80.0 Å². The van der Waals surface area contributed by atoms with Gasteiger partial charge in [0.15, 0.2) is 20.0 Å². The van der Waals surface area contributed by atoms with E-state index in [0.717, 1.165) is 69.7 Å². The van der Waals surface area contributed by atoms with Crippen LogP contribution < -0.4 is 9.13 Å². The molecule has 0 saturated carbocycles. The Kier molecular flexibility index (Phi) is 20.3. The van der Waals surface area contributed by atoms with Crippen molar-refractivity contribution in [3.63, 3.8) is 0 Å². The standard InChI is InChI=1S/C49H57F3N6O4.2C2H3F3NO4S2/c1-12-36-23-29(3)37(24-28(36)2)27-58-33(7)32(6)55(35(58)9)20-14-22-57-45(60)41-18-16-39(26-43(41)47(57)62)48(10,49(50,51)52)38-15-17-40-42(25-38)46(61)56(44(40)59)21-13-19-54-31(5)30(4)53(11)34(54)8;2*1-11(7,8)6-12(9,10)2(3,4)5/h15-18,23-26H,12-14,19-22,27H2,1-11H3;2*1H3/q+2;2*-1. The molecule has 2 aliphatic heterocycles. The number of alkyl halides is 9. The van der Waals surface area contributed by atoms with E-state index in [-0.39, 0.29) is 59.0 Å². The first-order chi connectivity index (χ1) is 39.0. The Labute approximate surface area is 492 Å². The number of benzene rings is 3. The smallest absolute Gasteiger partial charge is 0.429 e. The van der Waals surface area contributed by atoms with Gasteiger partial charge < -0.3 is 8.25 Å². The lowest BCUT2D eigenvalue weighted by Crippen LogP contribution is -2.41. The number of sulfonamides is 4. The third-order valence-corrected chi connectivity index (χ3v) is 20.1. The Hall–Kier alpha value is -6.55. The highest BCUT2D eigenvalue weighted by atomic mass is 32.3. The van der Waals surface area contributed by atoms with Crippen LogP contribution in [-0.4, -0.2) is 119 Å². The molecule has 33 heteroatoms. The molecule has 86 heavy (non-hydrogen) atoms. The number of fused-ring (bicyclic) bond motifs is 2. The van der Waals surface area contributed by atoms with Crippen molar-refractivity contribution in [3.05, 3.63) is 147 Å². The molecular weight excluding hydrogens is 1240 g/mol. The lowest BCUT2D eigenvalue weighted by molar-refractivity contribution is -0.699. The fourth-order valence-corrected chi connectivity index (χ4v) is 13.5. The lowest BCUT2D eigenvalue weighted by atomic mass is 9.74. The van der Waals surface area contributed by atoms with Gasteiger partial charge in [0.1, 0.15) is 34.7 Å². The molecule has 0 N–H and O–H groups in total. The van der Waals surface area contributed by atoms with Gasteiger partial charge in [0.2, 0.25) is 0 Å². The molecule has 20 nitrogen and oxygen atoms in total. The second-order valence-electron chi connectivity index (χ2n) is 20.8. The van der Waals surface area contributed by atoms with E-state index in [4.69, 9.17) is 0 Å². The number of halogens is 9. The third-order valence-electron chi connectivity index (χ3n) is 15.2. The van der Waals surface area contributed by atoms with Gasteiger partial charge in [-0.15, -0.1) is 0 Å². The van der Waals surface area contributed by atoms with Crippen molar-refractivity contribution in [1.82, 2.24) is 18.9 Å². The van der Waals surface area contributed by atoms with Crippen LogP contribution in [0.25, 0.3) is 8.25 Å². The highest BCUT2D eigenvalue weighted by Crippen LogP contribution is 2.48. The minimum atomic E-state index is -5.92. The number of rotatable bonds is 17. The zero-order valence-corrected chi connectivity index (χ0v) is 52.1. The Morgan fingerprint density at radius 1 is 0.500 bits per heavy atom. The van der Waals surface area contributed by atoms with E-state index in [9.17, 15) is 79.2 Å². The Bertz CT molecular complexity index is 3930. The summed E-state index contributed by atoms with van der Waals surface area (Å²) in [6.07, 6.45) is -2.50. The van der Waals surface area contributed by atoms with Crippen molar-refractivity contribution in [2.75, 3.05) is 25.6 Å². The number of aromatic nitrogens is 4. The van der Waals surface area contributed by atoms with Crippen LogP contribution in [0.4, 0.5) is 39.5 Å². The average Bonchev–Trinajstić information content (AvgIpc) is 1.58. The van der Waals surface area contributed by atoms with E-state index in [1.165, 1.54) is 46.5 Å². The van der Waals surface area contributed by atoms with Crippen LogP contribution in [0, 0.1) is 55.4 Å². The molecule has 0 bridgehead atoms. The number of nitrogens with zero attached hydrogens (tertiary/aromatic N) is 8. The van der Waals surface area contributed by atoms with E-state index < -0.39 is 86.3 Å². The van der Waals surface area contributed by atoms with Crippen LogP contribution in [0.5, 0.6) is 0 Å². The second-order valence-corrected chi connectivity index (χ2v) is 27.7. The molecule has 0 fully saturated rings. The first kappa shape index (κ1) is 70.2. The van der Waals surface area contributed by atoms with Gasteiger partial charge in [-0.1, -0.05) is 31.2 Å². The zero-order chi connectivity index (χ0) is 65.7. The largest absolute Gasteiger partial charge is 0.480 e. The maximum Gasteiger partial charge on any atom is 0.480 e. The predicted molar refractivity (Wildman–Crippen MR) is 295 cm³/mol. The molecule has 1 atom stereocenters. The summed E-state index contributed by atoms with van der Waals surface area (Å²) in [5.74, 6) is -0.320. The van der Waals surface area contributed by atoms with Crippen molar-refractivity contribution in [1.29, 1.82) is 0 Å². The van der Waals surface area contributed by atoms with E-state index in [2.05, 4.69) is 71.9 Å². The molecule has 7 rings (SSSR count). The average molecular weight is 1300 g/mol. The summed E-state index contributed by atoms with van der Waals surface area (Å²) in [7, 11) is -19.0. The number of carbonyl (C=O) groups is 4. The quantitative estimate of drug-likeness (QED) is 0.0487. The number of hydrogen-bond acceptors (Lipinski definition) is 12. The minimum absolute atomic E-state index is 0.0459. The van der Waals surface area contributed by atoms with E-state index >= 15 is 13.2 Å². The topological polar surface area (TPSA) is 257 Å². The number of aryl methyl sites for hydroxylation is 3. The van der Waals surface area contributed by atoms with Gasteiger partial charge in [-0.3, -0.25) is 29.0 Å². The van der Waals surface area contributed by atoms with Crippen LogP contribution in [0.1, 0.15) is 136 Å². The molecule has 5 aromatic rings. The Morgan fingerprint density at radius 2 is 0.860 bits per heavy atom. The van der Waals surface area contributed by atoms with Crippen LogP contribution in [0.3, 0.4) is 0 Å². The summed E-state index contributed by atoms with van der Waals surface area (Å²) in [6, 6.07) is 11.9. The summed E-state index contributed by atoms with van der Waals surface area (Å²) in [5.41, 5.74) is -5.17. The number of hydrogen-bond donors (Lipinski definition) is 0. The van der Waals surface area contributed by atoms with Crippen molar-refractivity contribution in [3.8, 4) is 0 Å². The Morgan fingerprint density at radius 3 is 1.20 bits per heavy atom. The molecule has 2 aliphatic rings. The summed E-state index contributed by atoms with van der Waals surface area (Å²) in [4.78, 5) is 56.7. The van der Waals surface area contributed by atoms with Gasteiger partial charge in [-0.05, 0) is 84.8 Å². The SMILES string of the molecule is CCc1cc(C)c(C[n+]2c(C)c(C)n(CCCN3C(=O)c4ccc(C(C)(c5ccc6c(c5)C(=O)N(CCCn5c(C)c(C)[n+](C)c5C)C6=O)C(F)(F)F)cc4C3=O)c2C)cc1C.CS(=O)(=O)[N-]S(=O)(=O)C(F)(F)F.CS(=O)(=O)[N-]S(=O)(=O)C(F)(F)F. The third kappa shape index (κ3) is 14.5. The van der Waals surface area contributed by atoms with E-state index in [1.807, 2.05) is 27.8 Å². The fraction of sp³-hybridized carbons (Fsp3) is 0.472. The van der Waals surface area contributed by atoms with Crippen molar-refractivity contribution in [2.24, 2.45) is 7.05 Å². The normalized spacial score (nSPS) is 14.9. The van der Waals surface area contributed by atoms with Crippen molar-refractivity contribution < 1.29 is 101 Å². The molecule has 474 valence electrons. The molecule has 1 unspecified atom stereocenters. The molecule has 0 aliphatic carbocycles. The maximum atomic E-state index is 15.4. The predicted octanol–water partition coefficient (Wildman–Crippen LogP) is 8.06.